The quantitative estimate of drug-likeness (QED) is 0.0969. The molecular formula is C23H19N6Na3O10S2. The summed E-state index contributed by atoms with van der Waals surface area (Å²) in [6, 6.07) is -0.391. The Hall–Kier alpha value is -1.84. The van der Waals surface area contributed by atoms with Gasteiger partial charge in [-0.15, -0.1) is 23.1 Å². The van der Waals surface area contributed by atoms with Crippen LogP contribution in [0, 0.1) is 5.21 Å². The van der Waals surface area contributed by atoms with Crippen molar-refractivity contribution in [1.29, 1.82) is 0 Å². The van der Waals surface area contributed by atoms with Crippen LogP contribution < -0.4 is 115 Å². The van der Waals surface area contributed by atoms with E-state index in [2.05, 4.69) is 15.5 Å². The number of nitrogens with two attached hydrogens (primary N) is 1. The molecule has 4 N–H and O–H groups in total. The summed E-state index contributed by atoms with van der Waals surface area (Å²) in [6.45, 7) is 2.28. The molecule has 2 unspecified atom stereocenters. The standard InChI is InChI=1S/C23H21N6O10S2.3Na/c1-23(2,21(36)37)39-27-14(11-8-41-22(24)25-11)17(32)26-15-18(33)29-16(20(34)35)9(7-40-19(15)29)3-4-10-5-12(30)13(31)6-28(10)38;;;/h3-6,8,15,19,31H,7H2,1-2H3,(H2,24,25)(H,26,32)(H,34,35)(H,36,37);;;/q-1;3*+1/p-2/b4-3+,27-14+;;;. The molecule has 16 nitrogen and oxygen atoms in total. The number of aliphatic carboxylic acids is 2. The van der Waals surface area contributed by atoms with Gasteiger partial charge in [-0.2, -0.15) is 0 Å². The zero-order valence-corrected chi connectivity index (χ0v) is 31.7. The number of nitrogens with one attached hydrogen (secondary N) is 1. The summed E-state index contributed by atoms with van der Waals surface area (Å²) in [4.78, 5) is 71.0. The summed E-state index contributed by atoms with van der Waals surface area (Å²) in [5.74, 6) is -5.78. The minimum Gasteiger partial charge on any atom is -0.869 e. The molecule has 2 atom stereocenters. The van der Waals surface area contributed by atoms with Gasteiger partial charge < -0.3 is 45.9 Å². The van der Waals surface area contributed by atoms with Crippen molar-refractivity contribution < 1.29 is 128 Å². The van der Waals surface area contributed by atoms with Gasteiger partial charge in [-0.25, -0.2) is 9.78 Å². The molecule has 0 aromatic carbocycles. The molecule has 2 aromatic heterocycles. The van der Waals surface area contributed by atoms with E-state index in [9.17, 15) is 44.5 Å². The topological polar surface area (TPSA) is 255 Å². The van der Waals surface area contributed by atoms with Crippen molar-refractivity contribution in [3.8, 4) is 5.75 Å². The molecule has 0 bridgehead atoms. The summed E-state index contributed by atoms with van der Waals surface area (Å²) < 4.78 is 0.160. The van der Waals surface area contributed by atoms with Gasteiger partial charge in [0, 0.05) is 22.9 Å². The molecular weight excluding hydrogens is 653 g/mol. The third-order valence-electron chi connectivity index (χ3n) is 5.79. The number of carbonyl (C=O) groups is 4. The summed E-state index contributed by atoms with van der Waals surface area (Å²) >= 11 is 2.07. The molecule has 1 fully saturated rings. The molecule has 2 aliphatic heterocycles. The van der Waals surface area contributed by atoms with E-state index >= 15 is 0 Å². The van der Waals surface area contributed by atoms with Crippen LogP contribution in [0.1, 0.15) is 25.2 Å². The van der Waals surface area contributed by atoms with Crippen molar-refractivity contribution in [2.75, 3.05) is 11.5 Å². The first-order valence-corrected chi connectivity index (χ1v) is 13.3. The minimum absolute atomic E-state index is 0. The van der Waals surface area contributed by atoms with E-state index < -0.39 is 63.4 Å². The number of carbonyl (C=O) groups excluding carboxylic acids is 3. The number of β-lactam (4-membered cyclic amide) rings is 1. The third-order valence-corrected chi connectivity index (χ3v) is 7.77. The predicted octanol–water partition coefficient (Wildman–Crippen LogP) is -11.0. The largest absolute Gasteiger partial charge is 1.00 e. The molecule has 21 heteroatoms. The molecule has 0 saturated carbocycles. The zero-order valence-electron chi connectivity index (χ0n) is 24.1. The van der Waals surface area contributed by atoms with Crippen LogP contribution in [-0.4, -0.2) is 72.0 Å². The number of allylic oxidation sites excluding steroid dienone is 1. The van der Waals surface area contributed by atoms with Gasteiger partial charge in [0.15, 0.2) is 21.9 Å². The minimum atomic E-state index is -1.92. The molecule has 4 heterocycles. The number of hydrogen-bond acceptors (Lipinski definition) is 14. The van der Waals surface area contributed by atoms with Crippen LogP contribution in [0.2, 0.25) is 0 Å². The van der Waals surface area contributed by atoms with Gasteiger partial charge in [0.05, 0.1) is 5.97 Å². The van der Waals surface area contributed by atoms with E-state index in [-0.39, 0.29) is 121 Å². The van der Waals surface area contributed by atoms with Gasteiger partial charge in [-0.1, -0.05) is 11.2 Å². The number of pyridine rings is 1. The van der Waals surface area contributed by atoms with Crippen LogP contribution in [-0.2, 0) is 24.0 Å². The Bertz CT molecular complexity index is 1620. The van der Waals surface area contributed by atoms with E-state index in [1.54, 1.807) is 0 Å². The van der Waals surface area contributed by atoms with Crippen LogP contribution in [0.25, 0.3) is 6.08 Å². The fraction of sp³-hybridized carbons (Fsp3) is 0.261. The first-order chi connectivity index (χ1) is 19.2. The average Bonchev–Trinajstić information content (AvgIpc) is 3.33. The molecule has 1 saturated heterocycles. The number of carboxylic acids is 2. The van der Waals surface area contributed by atoms with Gasteiger partial charge in [0.2, 0.25) is 0 Å². The average molecular weight is 673 g/mol. The maximum atomic E-state index is 13.1. The van der Waals surface area contributed by atoms with Crippen LogP contribution in [0.4, 0.5) is 5.13 Å². The van der Waals surface area contributed by atoms with E-state index in [1.807, 2.05) is 0 Å². The third kappa shape index (κ3) is 8.49. The fourth-order valence-electron chi connectivity index (χ4n) is 3.60. The van der Waals surface area contributed by atoms with Crippen LogP contribution in [0.5, 0.6) is 5.75 Å². The van der Waals surface area contributed by atoms with E-state index in [0.717, 1.165) is 54.0 Å². The number of rotatable bonds is 9. The van der Waals surface area contributed by atoms with Gasteiger partial charge in [0.25, 0.3) is 11.8 Å². The van der Waals surface area contributed by atoms with Crippen molar-refractivity contribution in [2.45, 2.75) is 30.9 Å². The Morgan fingerprint density at radius 1 is 1.25 bits per heavy atom. The number of anilines is 1. The van der Waals surface area contributed by atoms with Crippen molar-refractivity contribution in [3.63, 3.8) is 0 Å². The van der Waals surface area contributed by atoms with Crippen LogP contribution in [0.3, 0.4) is 0 Å². The SMILES string of the molecule is CC(C)(O/N=C(/C(=O)NC1C(=O)N2C(C(=O)O)=C(/C=C/c3cc(=O)c([O-])cn3[O-])CSC12)c1csc(N)n1)C(=O)[O-].[Na+].[Na+].[Na+]. The summed E-state index contributed by atoms with van der Waals surface area (Å²) in [5, 5.41) is 51.0. The van der Waals surface area contributed by atoms with Crippen LogP contribution >= 0.6 is 23.1 Å². The Kier molecular flexibility index (Phi) is 14.7. The molecule has 4 rings (SSSR count). The number of fused-ring (bicyclic) bond motifs is 1. The second-order valence-electron chi connectivity index (χ2n) is 9.03. The Morgan fingerprint density at radius 2 is 1.91 bits per heavy atom. The number of carboxylic acid groups (broad SMARTS) is 2. The first kappa shape index (κ1) is 40.2. The molecule has 0 aliphatic carbocycles. The fourth-order valence-corrected chi connectivity index (χ4v) is 5.47. The second-order valence-corrected chi connectivity index (χ2v) is 11.0. The maximum absolute atomic E-state index is 13.1. The monoisotopic (exact) mass is 672 g/mol. The molecule has 0 radical (unpaired) electrons. The van der Waals surface area contributed by atoms with Gasteiger partial charge in [0.1, 0.15) is 22.8 Å². The van der Waals surface area contributed by atoms with E-state index in [0.29, 0.717) is 6.20 Å². The number of amides is 2. The zero-order chi connectivity index (χ0) is 30.2. The Balaban J connectivity index is 0.00000323. The van der Waals surface area contributed by atoms with Crippen molar-refractivity contribution in [1.82, 2.24) is 19.9 Å². The number of aromatic nitrogens is 2. The number of thiazole rings is 1. The van der Waals surface area contributed by atoms with E-state index in [1.165, 1.54) is 11.5 Å². The number of thioether (sulfide) groups is 1. The van der Waals surface area contributed by atoms with Gasteiger partial charge in [-0.3, -0.25) is 19.3 Å². The van der Waals surface area contributed by atoms with Crippen molar-refractivity contribution in [3.05, 3.63) is 61.8 Å². The molecule has 2 aromatic rings. The first-order valence-electron chi connectivity index (χ1n) is 11.4. The maximum Gasteiger partial charge on any atom is 1.00 e. The Morgan fingerprint density at radius 3 is 2.48 bits per heavy atom. The molecule has 0 spiro atoms. The molecule has 2 amide bonds. The van der Waals surface area contributed by atoms with Crippen LogP contribution in [0.15, 0.2) is 44.9 Å². The summed E-state index contributed by atoms with van der Waals surface area (Å²) in [7, 11) is 0. The summed E-state index contributed by atoms with van der Waals surface area (Å²) in [5.41, 5.74) is 1.78. The molecule has 2 aliphatic rings. The number of nitrogens with zero attached hydrogens (tertiary/aromatic N) is 4. The predicted molar refractivity (Wildman–Crippen MR) is 141 cm³/mol. The second kappa shape index (κ2) is 16.1. The van der Waals surface area contributed by atoms with Gasteiger partial charge >= 0.3 is 94.6 Å². The number of hydrogen-bond donors (Lipinski definition) is 3. The number of oxime groups is 1. The smallest absolute Gasteiger partial charge is 0.869 e. The van der Waals surface area contributed by atoms with Gasteiger partial charge in [-0.05, 0) is 37.4 Å². The molecule has 216 valence electrons. The van der Waals surface area contributed by atoms with Crippen molar-refractivity contribution in [2.24, 2.45) is 5.16 Å². The molecule has 44 heavy (non-hydrogen) atoms. The number of nitrogen functional groups attached to an aromatic ring is 1. The normalized spacial score (nSPS) is 17.8. The Labute approximate surface area is 323 Å². The van der Waals surface area contributed by atoms with Crippen molar-refractivity contribution >= 4 is 63.8 Å². The summed E-state index contributed by atoms with van der Waals surface area (Å²) in [6.07, 6.45) is 2.94. The van der Waals surface area contributed by atoms with E-state index in [4.69, 9.17) is 10.6 Å².